The van der Waals surface area contributed by atoms with Gasteiger partial charge in [-0.05, 0) is 24.5 Å². The van der Waals surface area contributed by atoms with Crippen molar-refractivity contribution in [1.82, 2.24) is 4.98 Å². The van der Waals surface area contributed by atoms with Gasteiger partial charge < -0.3 is 15.1 Å². The van der Waals surface area contributed by atoms with Crippen molar-refractivity contribution in [2.75, 3.05) is 18.0 Å². The average Bonchev–Trinajstić information content (AvgIpc) is 2.33. The van der Waals surface area contributed by atoms with Crippen LogP contribution in [0.5, 0.6) is 0 Å². The number of hydrogen-bond acceptors (Lipinski definition) is 4. The molecule has 2 atom stereocenters. The zero-order valence-corrected chi connectivity index (χ0v) is 9.50. The van der Waals surface area contributed by atoms with Crippen LogP contribution < -0.4 is 4.90 Å². The Kier molecular flexibility index (Phi) is 3.41. The molecule has 2 N–H and O–H groups in total. The van der Waals surface area contributed by atoms with Crippen LogP contribution in [0, 0.1) is 5.92 Å². The summed E-state index contributed by atoms with van der Waals surface area (Å²) in [6.45, 7) is 3.75. The first-order valence-electron chi connectivity index (χ1n) is 5.69. The summed E-state index contributed by atoms with van der Waals surface area (Å²) in [5.74, 6) is 0.291. The van der Waals surface area contributed by atoms with Crippen LogP contribution >= 0.6 is 0 Å². The Labute approximate surface area is 95.5 Å². The number of nitrogens with zero attached hydrogens (tertiary/aromatic N) is 2. The fraction of sp³-hybridized carbons (Fsp3) is 0.583. The zero-order valence-electron chi connectivity index (χ0n) is 9.50. The van der Waals surface area contributed by atoms with Gasteiger partial charge in [0.15, 0.2) is 0 Å². The van der Waals surface area contributed by atoms with Gasteiger partial charge in [-0.3, -0.25) is 4.98 Å². The highest BCUT2D eigenvalue weighted by Crippen LogP contribution is 2.23. The second-order valence-electron chi connectivity index (χ2n) is 4.44. The molecule has 4 heteroatoms. The minimum absolute atomic E-state index is 0.0279. The van der Waals surface area contributed by atoms with Crippen molar-refractivity contribution in [3.63, 3.8) is 0 Å². The van der Waals surface area contributed by atoms with Crippen LogP contribution in [0.2, 0.25) is 0 Å². The Morgan fingerprint density at radius 2 is 2.38 bits per heavy atom. The lowest BCUT2D eigenvalue weighted by molar-refractivity contribution is 0.0971. The molecule has 0 aromatic carbocycles. The number of aliphatic hydroxyl groups excluding tert-OH is 2. The summed E-state index contributed by atoms with van der Waals surface area (Å²) >= 11 is 0. The van der Waals surface area contributed by atoms with E-state index in [4.69, 9.17) is 5.11 Å². The molecular formula is C12H18N2O2. The molecule has 1 aromatic rings. The third kappa shape index (κ3) is 2.33. The fourth-order valence-corrected chi connectivity index (χ4v) is 2.12. The Hall–Kier alpha value is -1.13. The molecule has 1 aliphatic rings. The van der Waals surface area contributed by atoms with Crippen molar-refractivity contribution in [3.05, 3.63) is 24.0 Å². The first-order valence-corrected chi connectivity index (χ1v) is 5.69. The molecule has 0 bridgehead atoms. The summed E-state index contributed by atoms with van der Waals surface area (Å²) in [6.07, 6.45) is 2.34. The molecule has 16 heavy (non-hydrogen) atoms. The van der Waals surface area contributed by atoms with Gasteiger partial charge in [-0.25, -0.2) is 0 Å². The van der Waals surface area contributed by atoms with Gasteiger partial charge in [-0.15, -0.1) is 0 Å². The van der Waals surface area contributed by atoms with E-state index < -0.39 is 0 Å². The number of piperidine rings is 1. The van der Waals surface area contributed by atoms with Crippen LogP contribution in [-0.2, 0) is 6.61 Å². The van der Waals surface area contributed by atoms with Crippen LogP contribution in [0.15, 0.2) is 18.3 Å². The van der Waals surface area contributed by atoms with Crippen LogP contribution in [0.1, 0.15) is 19.0 Å². The van der Waals surface area contributed by atoms with Gasteiger partial charge in [0.25, 0.3) is 0 Å². The van der Waals surface area contributed by atoms with Crippen LogP contribution in [0.3, 0.4) is 0 Å². The van der Waals surface area contributed by atoms with Gasteiger partial charge in [0.05, 0.1) is 18.4 Å². The Balaban J connectivity index is 2.12. The molecule has 88 valence electrons. The number of anilines is 1. The second kappa shape index (κ2) is 4.80. The molecule has 0 amide bonds. The molecule has 1 fully saturated rings. The van der Waals surface area contributed by atoms with Crippen molar-refractivity contribution in [2.24, 2.45) is 5.92 Å². The van der Waals surface area contributed by atoms with Gasteiger partial charge in [0, 0.05) is 25.0 Å². The van der Waals surface area contributed by atoms with Crippen molar-refractivity contribution in [3.8, 4) is 0 Å². The second-order valence-corrected chi connectivity index (χ2v) is 4.44. The topological polar surface area (TPSA) is 56.6 Å². The van der Waals surface area contributed by atoms with Gasteiger partial charge in [0.1, 0.15) is 0 Å². The van der Waals surface area contributed by atoms with Crippen LogP contribution in [-0.4, -0.2) is 34.4 Å². The van der Waals surface area contributed by atoms with E-state index in [0.717, 1.165) is 25.2 Å². The van der Waals surface area contributed by atoms with E-state index in [1.54, 1.807) is 6.20 Å². The molecule has 0 aliphatic carbocycles. The molecular weight excluding hydrogens is 204 g/mol. The first kappa shape index (κ1) is 11.4. The van der Waals surface area contributed by atoms with Crippen molar-refractivity contribution < 1.29 is 10.2 Å². The van der Waals surface area contributed by atoms with Crippen molar-refractivity contribution in [2.45, 2.75) is 26.1 Å². The Morgan fingerprint density at radius 1 is 1.56 bits per heavy atom. The maximum atomic E-state index is 9.66. The van der Waals surface area contributed by atoms with Crippen molar-refractivity contribution >= 4 is 5.69 Å². The van der Waals surface area contributed by atoms with Gasteiger partial charge in [0.2, 0.25) is 0 Å². The van der Waals surface area contributed by atoms with E-state index >= 15 is 0 Å². The molecule has 4 nitrogen and oxygen atoms in total. The maximum absolute atomic E-state index is 9.66. The quantitative estimate of drug-likeness (QED) is 0.776. The molecule has 2 rings (SSSR count). The zero-order chi connectivity index (χ0) is 11.5. The van der Waals surface area contributed by atoms with E-state index in [9.17, 15) is 5.11 Å². The molecule has 0 saturated carbocycles. The molecule has 1 aromatic heterocycles. The summed E-state index contributed by atoms with van der Waals surface area (Å²) in [6, 6.07) is 3.86. The largest absolute Gasteiger partial charge is 0.393 e. The number of rotatable bonds is 2. The molecule has 1 aliphatic heterocycles. The molecule has 0 radical (unpaired) electrons. The molecule has 1 saturated heterocycles. The predicted octanol–water partition coefficient (Wildman–Crippen LogP) is 0.781. The molecule has 2 unspecified atom stereocenters. The maximum Gasteiger partial charge on any atom is 0.0853 e. The number of pyridine rings is 1. The van der Waals surface area contributed by atoms with Crippen LogP contribution in [0.4, 0.5) is 5.69 Å². The molecule has 2 heterocycles. The highest BCUT2D eigenvalue weighted by molar-refractivity contribution is 5.47. The summed E-state index contributed by atoms with van der Waals surface area (Å²) in [5.41, 5.74) is 1.77. The van der Waals surface area contributed by atoms with E-state index in [1.165, 1.54) is 0 Å². The summed E-state index contributed by atoms with van der Waals surface area (Å²) in [7, 11) is 0. The lowest BCUT2D eigenvalue weighted by Crippen LogP contribution is -2.42. The normalized spacial score (nSPS) is 25.8. The summed E-state index contributed by atoms with van der Waals surface area (Å²) in [4.78, 5) is 6.29. The fourth-order valence-electron chi connectivity index (χ4n) is 2.12. The van der Waals surface area contributed by atoms with Crippen molar-refractivity contribution in [1.29, 1.82) is 0 Å². The Bertz CT molecular complexity index is 357. The number of hydrogen-bond donors (Lipinski definition) is 2. The SMILES string of the molecule is CC1CN(c2ccnc(CO)c2)CCC1O. The van der Waals surface area contributed by atoms with E-state index in [-0.39, 0.29) is 12.7 Å². The van der Waals surface area contributed by atoms with Crippen LogP contribution in [0.25, 0.3) is 0 Å². The Morgan fingerprint density at radius 3 is 3.06 bits per heavy atom. The van der Waals surface area contributed by atoms with E-state index in [0.29, 0.717) is 11.6 Å². The first-order chi connectivity index (χ1) is 7.70. The van der Waals surface area contributed by atoms with E-state index in [1.807, 2.05) is 12.1 Å². The third-order valence-corrected chi connectivity index (χ3v) is 3.19. The van der Waals surface area contributed by atoms with Gasteiger partial charge in [-0.1, -0.05) is 6.92 Å². The lowest BCUT2D eigenvalue weighted by Gasteiger charge is -2.36. The number of aliphatic hydroxyl groups is 2. The smallest absolute Gasteiger partial charge is 0.0853 e. The standard InChI is InChI=1S/C12H18N2O2/c1-9-7-14(5-3-12(9)16)11-2-4-13-10(6-11)8-15/h2,4,6,9,12,15-16H,3,5,7-8H2,1H3. The average molecular weight is 222 g/mol. The number of aromatic nitrogens is 1. The minimum atomic E-state index is -0.185. The summed E-state index contributed by atoms with van der Waals surface area (Å²) < 4.78 is 0. The van der Waals surface area contributed by atoms with Gasteiger partial charge in [-0.2, -0.15) is 0 Å². The highest BCUT2D eigenvalue weighted by Gasteiger charge is 2.24. The molecule has 0 spiro atoms. The monoisotopic (exact) mass is 222 g/mol. The lowest BCUT2D eigenvalue weighted by atomic mass is 9.96. The van der Waals surface area contributed by atoms with E-state index in [2.05, 4.69) is 16.8 Å². The highest BCUT2D eigenvalue weighted by atomic mass is 16.3. The minimum Gasteiger partial charge on any atom is -0.393 e. The predicted molar refractivity (Wildman–Crippen MR) is 62.2 cm³/mol. The van der Waals surface area contributed by atoms with Gasteiger partial charge >= 0.3 is 0 Å². The summed E-state index contributed by atoms with van der Waals surface area (Å²) in [5, 5.41) is 18.7. The third-order valence-electron chi connectivity index (χ3n) is 3.19.